The lowest BCUT2D eigenvalue weighted by Crippen LogP contribution is -2.06. The van der Waals surface area contributed by atoms with Gasteiger partial charge in [0.25, 0.3) is 0 Å². The molecular formula is C19H20O6. The van der Waals surface area contributed by atoms with Gasteiger partial charge in [0.15, 0.2) is 11.5 Å². The zero-order chi connectivity index (χ0) is 18.1. The topological polar surface area (TPSA) is 71.1 Å². The van der Waals surface area contributed by atoms with Crippen LogP contribution >= 0.6 is 0 Å². The molecular weight excluding hydrogens is 324 g/mol. The quantitative estimate of drug-likeness (QED) is 0.395. The van der Waals surface area contributed by atoms with Gasteiger partial charge in [-0.05, 0) is 42.5 Å². The van der Waals surface area contributed by atoms with Gasteiger partial charge in [0.1, 0.15) is 12.0 Å². The minimum absolute atomic E-state index is 0.380. The van der Waals surface area contributed by atoms with Gasteiger partial charge in [-0.3, -0.25) is 4.79 Å². The van der Waals surface area contributed by atoms with E-state index in [1.165, 1.54) is 14.2 Å². The molecule has 0 amide bonds. The molecule has 0 unspecified atom stereocenters. The Morgan fingerprint density at radius 3 is 2.32 bits per heavy atom. The second-order valence-electron chi connectivity index (χ2n) is 5.09. The highest BCUT2D eigenvalue weighted by Crippen LogP contribution is 2.27. The molecule has 0 aliphatic rings. The third-order valence-corrected chi connectivity index (χ3v) is 3.41. The maximum Gasteiger partial charge on any atom is 0.337 e. The Bertz CT molecular complexity index is 708. The molecule has 0 aromatic heterocycles. The molecule has 0 spiro atoms. The van der Waals surface area contributed by atoms with Crippen molar-refractivity contribution in [3.63, 3.8) is 0 Å². The van der Waals surface area contributed by atoms with Crippen LogP contribution in [0.4, 0.5) is 0 Å². The molecule has 6 heteroatoms. The van der Waals surface area contributed by atoms with Gasteiger partial charge in [0.2, 0.25) is 0 Å². The molecule has 0 aliphatic heterocycles. The number of aldehydes is 1. The fraction of sp³-hybridized carbons (Fsp3) is 0.263. The summed E-state index contributed by atoms with van der Waals surface area (Å²) in [5, 5.41) is 0. The van der Waals surface area contributed by atoms with Crippen molar-refractivity contribution in [1.29, 1.82) is 0 Å². The second-order valence-corrected chi connectivity index (χ2v) is 5.09. The fourth-order valence-electron chi connectivity index (χ4n) is 2.11. The summed E-state index contributed by atoms with van der Waals surface area (Å²) in [5.41, 5.74) is 1.01. The van der Waals surface area contributed by atoms with Gasteiger partial charge < -0.3 is 18.9 Å². The summed E-state index contributed by atoms with van der Waals surface area (Å²) in [6.45, 7) is 0.906. The standard InChI is InChI=1S/C19H20O6/c1-22-18-12-14(13-20)4-9-17(18)25-11-3-10-24-16-7-5-15(6-8-16)19(21)23-2/h4-9,12-13H,3,10-11H2,1-2H3. The summed E-state index contributed by atoms with van der Waals surface area (Å²) in [4.78, 5) is 22.1. The van der Waals surface area contributed by atoms with Crippen molar-refractivity contribution in [2.45, 2.75) is 6.42 Å². The van der Waals surface area contributed by atoms with Gasteiger partial charge in [-0.2, -0.15) is 0 Å². The maximum absolute atomic E-state index is 11.3. The van der Waals surface area contributed by atoms with E-state index < -0.39 is 0 Å². The number of rotatable bonds is 9. The predicted molar refractivity (Wildman–Crippen MR) is 91.8 cm³/mol. The molecule has 0 N–H and O–H groups in total. The van der Waals surface area contributed by atoms with E-state index in [-0.39, 0.29) is 5.97 Å². The minimum atomic E-state index is -0.380. The van der Waals surface area contributed by atoms with Crippen LogP contribution in [0.25, 0.3) is 0 Å². The van der Waals surface area contributed by atoms with Gasteiger partial charge >= 0.3 is 5.97 Å². The van der Waals surface area contributed by atoms with Crippen LogP contribution in [-0.4, -0.2) is 39.7 Å². The van der Waals surface area contributed by atoms with Crippen LogP contribution in [0.2, 0.25) is 0 Å². The summed E-state index contributed by atoms with van der Waals surface area (Å²) >= 11 is 0. The normalized spacial score (nSPS) is 10.0. The van der Waals surface area contributed by atoms with E-state index in [0.717, 1.165) is 6.29 Å². The van der Waals surface area contributed by atoms with Crippen molar-refractivity contribution in [3.8, 4) is 17.2 Å². The minimum Gasteiger partial charge on any atom is -0.493 e. The van der Waals surface area contributed by atoms with Crippen LogP contribution in [0.15, 0.2) is 42.5 Å². The molecule has 2 rings (SSSR count). The van der Waals surface area contributed by atoms with E-state index in [1.807, 2.05) is 0 Å². The molecule has 0 atom stereocenters. The fourth-order valence-corrected chi connectivity index (χ4v) is 2.11. The largest absolute Gasteiger partial charge is 0.493 e. The van der Waals surface area contributed by atoms with Crippen LogP contribution in [0.1, 0.15) is 27.1 Å². The summed E-state index contributed by atoms with van der Waals surface area (Å²) in [6.07, 6.45) is 1.42. The lowest BCUT2D eigenvalue weighted by atomic mass is 10.2. The molecule has 25 heavy (non-hydrogen) atoms. The first-order valence-electron chi connectivity index (χ1n) is 7.75. The summed E-state index contributed by atoms with van der Waals surface area (Å²) in [5.74, 6) is 1.38. The van der Waals surface area contributed by atoms with Crippen molar-refractivity contribution in [1.82, 2.24) is 0 Å². The average molecular weight is 344 g/mol. The highest BCUT2D eigenvalue weighted by Gasteiger charge is 2.06. The van der Waals surface area contributed by atoms with E-state index in [4.69, 9.17) is 14.2 Å². The molecule has 6 nitrogen and oxygen atoms in total. The lowest BCUT2D eigenvalue weighted by Gasteiger charge is -2.11. The number of methoxy groups -OCH3 is 2. The maximum atomic E-state index is 11.3. The second kappa shape index (κ2) is 9.32. The summed E-state index contributed by atoms with van der Waals surface area (Å²) in [7, 11) is 2.87. The van der Waals surface area contributed by atoms with Crippen molar-refractivity contribution in [2.75, 3.05) is 27.4 Å². The number of hydrogen-bond acceptors (Lipinski definition) is 6. The Balaban J connectivity index is 1.76. The molecule has 0 saturated carbocycles. The molecule has 2 aromatic rings. The van der Waals surface area contributed by atoms with E-state index in [2.05, 4.69) is 4.74 Å². The molecule has 0 aliphatic carbocycles. The van der Waals surface area contributed by atoms with Gasteiger partial charge in [-0.15, -0.1) is 0 Å². The first-order valence-corrected chi connectivity index (χ1v) is 7.75. The number of esters is 1. The third kappa shape index (κ3) is 5.24. The summed E-state index contributed by atoms with van der Waals surface area (Å²) in [6, 6.07) is 11.7. The molecule has 2 aromatic carbocycles. The highest BCUT2D eigenvalue weighted by atomic mass is 16.5. The molecule has 0 bridgehead atoms. The Labute approximate surface area is 146 Å². The zero-order valence-corrected chi connectivity index (χ0v) is 14.2. The van der Waals surface area contributed by atoms with Crippen LogP contribution in [-0.2, 0) is 4.74 Å². The van der Waals surface area contributed by atoms with Gasteiger partial charge in [0.05, 0.1) is 33.0 Å². The average Bonchev–Trinajstić information content (AvgIpc) is 2.67. The van der Waals surface area contributed by atoms with Crippen LogP contribution in [0, 0.1) is 0 Å². The SMILES string of the molecule is COC(=O)c1ccc(OCCCOc2ccc(C=O)cc2OC)cc1. The Morgan fingerprint density at radius 2 is 1.68 bits per heavy atom. The Hall–Kier alpha value is -3.02. The molecule has 0 heterocycles. The molecule has 0 fully saturated rings. The third-order valence-electron chi connectivity index (χ3n) is 3.41. The molecule has 0 radical (unpaired) electrons. The number of ether oxygens (including phenoxy) is 4. The van der Waals surface area contributed by atoms with E-state index >= 15 is 0 Å². The van der Waals surface area contributed by atoms with Crippen LogP contribution < -0.4 is 14.2 Å². The Morgan fingerprint density at radius 1 is 0.960 bits per heavy atom. The first-order chi connectivity index (χ1) is 12.2. The number of carbonyl (C=O) groups is 2. The van der Waals surface area contributed by atoms with Crippen molar-refractivity contribution >= 4 is 12.3 Å². The van der Waals surface area contributed by atoms with E-state index in [1.54, 1.807) is 42.5 Å². The van der Waals surface area contributed by atoms with E-state index in [0.29, 0.717) is 48.0 Å². The van der Waals surface area contributed by atoms with Gasteiger partial charge in [0, 0.05) is 12.0 Å². The first kappa shape index (κ1) is 18.3. The molecule has 0 saturated heterocycles. The lowest BCUT2D eigenvalue weighted by molar-refractivity contribution is 0.0600. The Kier molecular flexibility index (Phi) is 6.83. The number of benzene rings is 2. The monoisotopic (exact) mass is 344 g/mol. The highest BCUT2D eigenvalue weighted by molar-refractivity contribution is 5.89. The summed E-state index contributed by atoms with van der Waals surface area (Å²) < 4.78 is 21.1. The van der Waals surface area contributed by atoms with E-state index in [9.17, 15) is 9.59 Å². The van der Waals surface area contributed by atoms with Crippen LogP contribution in [0.5, 0.6) is 17.2 Å². The number of carbonyl (C=O) groups excluding carboxylic acids is 2. The van der Waals surface area contributed by atoms with Crippen molar-refractivity contribution in [3.05, 3.63) is 53.6 Å². The number of hydrogen-bond donors (Lipinski definition) is 0. The van der Waals surface area contributed by atoms with Gasteiger partial charge in [-0.1, -0.05) is 0 Å². The zero-order valence-electron chi connectivity index (χ0n) is 14.2. The smallest absolute Gasteiger partial charge is 0.337 e. The predicted octanol–water partition coefficient (Wildman–Crippen LogP) is 3.14. The molecule has 132 valence electrons. The van der Waals surface area contributed by atoms with Crippen molar-refractivity contribution < 1.29 is 28.5 Å². The van der Waals surface area contributed by atoms with Gasteiger partial charge in [-0.25, -0.2) is 4.79 Å². The van der Waals surface area contributed by atoms with Crippen LogP contribution in [0.3, 0.4) is 0 Å². The van der Waals surface area contributed by atoms with Crippen molar-refractivity contribution in [2.24, 2.45) is 0 Å².